The van der Waals surface area contributed by atoms with Crippen LogP contribution in [0.15, 0.2) is 47.6 Å². The Kier molecular flexibility index (Phi) is 8.36. The van der Waals surface area contributed by atoms with Crippen LogP contribution in [0.4, 0.5) is 11.4 Å². The van der Waals surface area contributed by atoms with Gasteiger partial charge >= 0.3 is 5.97 Å². The molecule has 2 aliphatic heterocycles. The average Bonchev–Trinajstić information content (AvgIpc) is 3.87. The van der Waals surface area contributed by atoms with Crippen LogP contribution in [-0.2, 0) is 27.1 Å². The highest BCUT2D eigenvalue weighted by Crippen LogP contribution is 2.46. The maximum absolute atomic E-state index is 14.0. The Labute approximate surface area is 266 Å². The number of carboxylic acid groups (broad SMARTS) is 1. The van der Waals surface area contributed by atoms with Gasteiger partial charge in [-0.3, -0.25) is 9.78 Å². The van der Waals surface area contributed by atoms with Crippen molar-refractivity contribution in [2.45, 2.75) is 82.4 Å². The highest BCUT2D eigenvalue weighted by molar-refractivity contribution is 7.82. The first-order valence-electron chi connectivity index (χ1n) is 15.4. The molecule has 0 bridgehead atoms. The van der Waals surface area contributed by atoms with Crippen molar-refractivity contribution in [3.8, 4) is 5.88 Å². The fourth-order valence-electron chi connectivity index (χ4n) is 6.49. The van der Waals surface area contributed by atoms with E-state index in [1.165, 1.54) is 0 Å². The van der Waals surface area contributed by atoms with E-state index in [4.69, 9.17) is 26.0 Å². The second kappa shape index (κ2) is 12.0. The topological polar surface area (TPSA) is 157 Å². The highest BCUT2D eigenvalue weighted by Gasteiger charge is 2.44. The number of nitrogens with two attached hydrogens (primary N) is 2. The summed E-state index contributed by atoms with van der Waals surface area (Å²) in [5, 5.41) is 12.2. The van der Waals surface area contributed by atoms with E-state index in [-0.39, 0.29) is 6.04 Å². The van der Waals surface area contributed by atoms with Crippen LogP contribution in [-0.4, -0.2) is 61.0 Å². The number of aliphatic carboxylic acids is 1. The molecule has 5 N–H and O–H groups in total. The Balaban J connectivity index is 1.40. The van der Waals surface area contributed by atoms with Crippen LogP contribution < -0.4 is 21.3 Å². The van der Waals surface area contributed by atoms with Gasteiger partial charge in [0.15, 0.2) is 0 Å². The molecule has 1 spiro atoms. The van der Waals surface area contributed by atoms with Crippen molar-refractivity contribution in [3.63, 3.8) is 0 Å². The van der Waals surface area contributed by atoms with Crippen LogP contribution in [0.5, 0.6) is 5.88 Å². The number of aromatic nitrogens is 2. The van der Waals surface area contributed by atoms with Crippen molar-refractivity contribution in [3.05, 3.63) is 70.7 Å². The van der Waals surface area contributed by atoms with Crippen molar-refractivity contribution >= 4 is 28.3 Å². The Morgan fingerprint density at radius 3 is 2.64 bits per heavy atom. The molecule has 2 unspecified atom stereocenters. The first kappa shape index (κ1) is 31.4. The molecule has 45 heavy (non-hydrogen) atoms. The maximum Gasteiger partial charge on any atom is 0.310 e. The molecular formula is C33H42N6O5S. The summed E-state index contributed by atoms with van der Waals surface area (Å²) in [5.41, 5.74) is 10.1. The number of hydrogen-bond acceptors (Lipinski definition) is 9. The molecule has 11 nitrogen and oxygen atoms in total. The van der Waals surface area contributed by atoms with E-state index in [0.29, 0.717) is 55.6 Å². The molecule has 0 radical (unpaired) electrons. The monoisotopic (exact) mass is 634 g/mol. The summed E-state index contributed by atoms with van der Waals surface area (Å²) in [4.78, 5) is 22.5. The summed E-state index contributed by atoms with van der Waals surface area (Å²) >= 11 is 0. The van der Waals surface area contributed by atoms with Gasteiger partial charge in [0.05, 0.1) is 36.5 Å². The fourth-order valence-corrected chi connectivity index (χ4v) is 7.82. The Hall–Kier alpha value is -3.58. The third-order valence-electron chi connectivity index (χ3n) is 9.57. The normalized spacial score (nSPS) is 20.6. The van der Waals surface area contributed by atoms with Crippen LogP contribution in [0.2, 0.25) is 0 Å². The summed E-state index contributed by atoms with van der Waals surface area (Å²) in [6.45, 7) is 9.12. The quantitative estimate of drug-likeness (QED) is 0.186. The number of rotatable bonds is 8. The number of carboxylic acids is 1. The van der Waals surface area contributed by atoms with Gasteiger partial charge in [-0.2, -0.15) is 0 Å². The lowest BCUT2D eigenvalue weighted by Crippen LogP contribution is -2.49. The standard InChI is InChI=1S/C33H42N6O5S/c1-20-25(9-10-26(29(20)34)39(35)24-7-8-24)28(32(3,4)31(40)41)22-16-23(21(2)37-17-22)18-38-19-33(11-14-43-15-12-33)44-30-27(45(38)42)6-5-13-36-30/h5-6,9-10,13,16-17,24,28H,7-8,11-12,14-15,18-19,34-35H2,1-4H3,(H,40,41). The van der Waals surface area contributed by atoms with Crippen LogP contribution in [0, 0.1) is 19.3 Å². The summed E-state index contributed by atoms with van der Waals surface area (Å²) < 4.78 is 28.1. The first-order chi connectivity index (χ1) is 21.4. The molecule has 1 aromatic carbocycles. The summed E-state index contributed by atoms with van der Waals surface area (Å²) in [5.74, 6) is 5.25. The lowest BCUT2D eigenvalue weighted by atomic mass is 9.70. The molecular weight excluding hydrogens is 592 g/mol. The molecule has 0 amide bonds. The number of ether oxygens (including phenoxy) is 2. The van der Waals surface area contributed by atoms with Crippen molar-refractivity contribution in [1.29, 1.82) is 0 Å². The Bertz CT molecular complexity index is 1640. The lowest BCUT2D eigenvalue weighted by molar-refractivity contribution is -0.147. The first-order valence-corrected chi connectivity index (χ1v) is 16.5. The maximum atomic E-state index is 14.0. The largest absolute Gasteiger partial charge is 0.481 e. The minimum absolute atomic E-state index is 0.269. The molecule has 2 atom stereocenters. The second-order valence-corrected chi connectivity index (χ2v) is 14.5. The third-order valence-corrected chi connectivity index (χ3v) is 11.0. The molecule has 6 rings (SSSR count). The van der Waals surface area contributed by atoms with Crippen molar-refractivity contribution in [2.75, 3.05) is 30.5 Å². The molecule has 1 aliphatic carbocycles. The molecule has 1 saturated carbocycles. The molecule has 12 heteroatoms. The van der Waals surface area contributed by atoms with E-state index in [1.54, 1.807) is 43.4 Å². The molecule has 3 aromatic rings. The summed E-state index contributed by atoms with van der Waals surface area (Å²) in [6.07, 6.45) is 6.75. The van der Waals surface area contributed by atoms with Crippen LogP contribution in [0.3, 0.4) is 0 Å². The van der Waals surface area contributed by atoms with Gasteiger partial charge in [-0.05, 0) is 81.0 Å². The third kappa shape index (κ3) is 5.92. The van der Waals surface area contributed by atoms with Gasteiger partial charge in [0.1, 0.15) is 21.5 Å². The highest BCUT2D eigenvalue weighted by atomic mass is 32.2. The number of nitrogens with zero attached hydrogens (tertiary/aromatic N) is 4. The minimum atomic E-state index is -1.55. The van der Waals surface area contributed by atoms with Gasteiger partial charge in [-0.25, -0.2) is 19.3 Å². The van der Waals surface area contributed by atoms with Crippen molar-refractivity contribution < 1.29 is 23.6 Å². The number of anilines is 2. The minimum Gasteiger partial charge on any atom is -0.481 e. The van der Waals surface area contributed by atoms with Gasteiger partial charge in [-0.15, -0.1) is 0 Å². The molecule has 2 aromatic heterocycles. The average molecular weight is 635 g/mol. The SMILES string of the molecule is Cc1ncc(C(c2ccc(N(N)C3CC3)c(N)c2C)C(C)(C)C(=O)O)cc1CN1CC2(CCOCC2)Oc2ncccc2S1=O. The van der Waals surface area contributed by atoms with Crippen LogP contribution >= 0.6 is 0 Å². The molecule has 2 fully saturated rings. The number of hydrogen-bond donors (Lipinski definition) is 3. The lowest BCUT2D eigenvalue weighted by Gasteiger charge is -2.38. The zero-order chi connectivity index (χ0) is 32.1. The zero-order valence-corrected chi connectivity index (χ0v) is 27.1. The van der Waals surface area contributed by atoms with E-state index in [9.17, 15) is 14.1 Å². The molecule has 4 heterocycles. The van der Waals surface area contributed by atoms with E-state index in [1.807, 2.05) is 36.4 Å². The fraction of sp³-hybridized carbons (Fsp3) is 0.485. The number of fused-ring (bicyclic) bond motifs is 1. The Morgan fingerprint density at radius 2 is 1.96 bits per heavy atom. The van der Waals surface area contributed by atoms with Crippen LogP contribution in [0.25, 0.3) is 0 Å². The number of aryl methyl sites for hydroxylation is 1. The summed E-state index contributed by atoms with van der Waals surface area (Å²) in [6, 6.07) is 9.66. The predicted octanol–water partition coefficient (Wildman–Crippen LogP) is 4.23. The van der Waals surface area contributed by atoms with Gasteiger partial charge in [0.2, 0.25) is 5.88 Å². The number of benzene rings is 1. The van der Waals surface area contributed by atoms with Gasteiger partial charge < -0.3 is 25.3 Å². The molecule has 240 valence electrons. The smallest absolute Gasteiger partial charge is 0.310 e. The molecule has 3 aliphatic rings. The van der Waals surface area contributed by atoms with E-state index in [2.05, 4.69) is 4.98 Å². The van der Waals surface area contributed by atoms with E-state index in [0.717, 1.165) is 46.5 Å². The number of nitrogen functional groups attached to an aromatic ring is 1. The predicted molar refractivity (Wildman–Crippen MR) is 172 cm³/mol. The van der Waals surface area contributed by atoms with E-state index < -0.39 is 33.9 Å². The zero-order valence-electron chi connectivity index (χ0n) is 26.3. The van der Waals surface area contributed by atoms with Crippen molar-refractivity contribution in [1.82, 2.24) is 14.3 Å². The van der Waals surface area contributed by atoms with Crippen molar-refractivity contribution in [2.24, 2.45) is 11.3 Å². The Morgan fingerprint density at radius 1 is 1.22 bits per heavy atom. The van der Waals surface area contributed by atoms with Gasteiger partial charge in [-0.1, -0.05) is 12.1 Å². The summed E-state index contributed by atoms with van der Waals surface area (Å²) in [7, 11) is -1.55. The number of pyridine rings is 2. The van der Waals surface area contributed by atoms with Gasteiger partial charge in [0, 0.05) is 49.4 Å². The second-order valence-electron chi connectivity index (χ2n) is 13.1. The molecule has 1 saturated heterocycles. The van der Waals surface area contributed by atoms with Crippen LogP contribution in [0.1, 0.15) is 73.4 Å². The number of carbonyl (C=O) groups is 1. The number of hydrazine groups is 1. The van der Waals surface area contributed by atoms with Gasteiger partial charge in [0.25, 0.3) is 0 Å². The van der Waals surface area contributed by atoms with E-state index >= 15 is 0 Å².